The van der Waals surface area contributed by atoms with Crippen LogP contribution in [0.25, 0.3) is 16.9 Å². The van der Waals surface area contributed by atoms with Crippen LogP contribution in [0.2, 0.25) is 5.02 Å². The highest BCUT2D eigenvalue weighted by molar-refractivity contribution is 6.31. The van der Waals surface area contributed by atoms with Gasteiger partial charge in [-0.05, 0) is 24.3 Å². The summed E-state index contributed by atoms with van der Waals surface area (Å²) in [5.41, 5.74) is 0.545. The summed E-state index contributed by atoms with van der Waals surface area (Å²) in [6.45, 7) is 0. The summed E-state index contributed by atoms with van der Waals surface area (Å²) in [5, 5.41) is 16.6. The molecule has 0 radical (unpaired) electrons. The highest BCUT2D eigenvalue weighted by Crippen LogP contribution is 2.29. The van der Waals surface area contributed by atoms with Crippen LogP contribution in [0.15, 0.2) is 60.8 Å². The van der Waals surface area contributed by atoms with Crippen LogP contribution < -0.4 is 5.32 Å². The largest absolute Gasteiger partial charge is 0.506 e. The van der Waals surface area contributed by atoms with Crippen molar-refractivity contribution in [3.05, 3.63) is 77.1 Å². The van der Waals surface area contributed by atoms with Crippen LogP contribution in [-0.2, 0) is 0 Å². The summed E-state index contributed by atoms with van der Waals surface area (Å²) >= 11 is 5.89. The molecule has 4 rings (SSSR count). The SMILES string of the molecule is O=C(Nc1cc(Cl)ccc1O)c1cnn2c(C(F)F)cc(-c3ccccc3)nc12. The van der Waals surface area contributed by atoms with Gasteiger partial charge in [-0.15, -0.1) is 0 Å². The molecule has 0 aliphatic carbocycles. The number of rotatable bonds is 4. The van der Waals surface area contributed by atoms with Gasteiger partial charge in [0.1, 0.15) is 17.0 Å². The third-order valence-electron chi connectivity index (χ3n) is 4.24. The fraction of sp³-hybridized carbons (Fsp3) is 0.0500. The zero-order valence-corrected chi connectivity index (χ0v) is 15.4. The van der Waals surface area contributed by atoms with Gasteiger partial charge in [0.05, 0.1) is 17.6 Å². The Morgan fingerprint density at radius 1 is 1.14 bits per heavy atom. The van der Waals surface area contributed by atoms with Gasteiger partial charge < -0.3 is 10.4 Å². The number of aromatic nitrogens is 3. The van der Waals surface area contributed by atoms with Gasteiger partial charge in [-0.1, -0.05) is 41.9 Å². The van der Waals surface area contributed by atoms with Crippen molar-refractivity contribution < 1.29 is 18.7 Å². The van der Waals surface area contributed by atoms with E-state index in [1.807, 2.05) is 0 Å². The summed E-state index contributed by atoms with van der Waals surface area (Å²) in [5.74, 6) is -0.860. The smallest absolute Gasteiger partial charge is 0.280 e. The van der Waals surface area contributed by atoms with Gasteiger partial charge in [0, 0.05) is 10.6 Å². The number of alkyl halides is 2. The third-order valence-corrected chi connectivity index (χ3v) is 4.48. The minimum Gasteiger partial charge on any atom is -0.506 e. The van der Waals surface area contributed by atoms with E-state index in [1.165, 1.54) is 24.3 Å². The first kappa shape index (κ1) is 18.8. The van der Waals surface area contributed by atoms with E-state index >= 15 is 0 Å². The van der Waals surface area contributed by atoms with Crippen molar-refractivity contribution in [2.75, 3.05) is 5.32 Å². The molecular formula is C20H13ClF2N4O2. The lowest BCUT2D eigenvalue weighted by Crippen LogP contribution is -2.13. The molecule has 0 aliphatic heterocycles. The number of hydrogen-bond acceptors (Lipinski definition) is 4. The number of hydrogen-bond donors (Lipinski definition) is 2. The van der Waals surface area contributed by atoms with E-state index in [4.69, 9.17) is 11.6 Å². The highest BCUT2D eigenvalue weighted by atomic mass is 35.5. The Kier molecular flexibility index (Phi) is 4.85. The summed E-state index contributed by atoms with van der Waals surface area (Å²) < 4.78 is 28.2. The predicted molar refractivity (Wildman–Crippen MR) is 104 cm³/mol. The van der Waals surface area contributed by atoms with Crippen LogP contribution in [0, 0.1) is 0 Å². The normalized spacial score (nSPS) is 11.2. The number of aromatic hydroxyl groups is 1. The second-order valence-electron chi connectivity index (χ2n) is 6.14. The van der Waals surface area contributed by atoms with Crippen LogP contribution >= 0.6 is 11.6 Å². The standard InChI is InChI=1S/C20H13ClF2N4O2/c21-12-6-7-17(28)15(8-12)26-20(29)13-10-24-27-16(18(22)23)9-14(25-19(13)27)11-4-2-1-3-5-11/h1-10,18,28H,(H,26,29). The monoisotopic (exact) mass is 414 g/mol. The molecule has 2 heterocycles. The zero-order valence-electron chi connectivity index (χ0n) is 14.7. The van der Waals surface area contributed by atoms with Gasteiger partial charge in [0.15, 0.2) is 5.65 Å². The lowest BCUT2D eigenvalue weighted by Gasteiger charge is -2.09. The van der Waals surface area contributed by atoms with Gasteiger partial charge in [-0.2, -0.15) is 5.10 Å². The number of halogens is 3. The number of carbonyl (C=O) groups excluding carboxylic acids is 1. The molecule has 0 unspecified atom stereocenters. The Labute approximate surface area is 168 Å². The molecule has 0 fully saturated rings. The maximum absolute atomic E-state index is 13.6. The predicted octanol–water partition coefficient (Wildman–Crippen LogP) is 4.95. The fourth-order valence-electron chi connectivity index (χ4n) is 2.86. The van der Waals surface area contributed by atoms with Crippen LogP contribution in [0.3, 0.4) is 0 Å². The van der Waals surface area contributed by atoms with E-state index in [-0.39, 0.29) is 28.3 Å². The Morgan fingerprint density at radius 2 is 1.90 bits per heavy atom. The second kappa shape index (κ2) is 7.48. The number of amides is 1. The fourth-order valence-corrected chi connectivity index (χ4v) is 3.03. The molecule has 0 bridgehead atoms. The highest BCUT2D eigenvalue weighted by Gasteiger charge is 2.22. The van der Waals surface area contributed by atoms with Crippen LogP contribution in [0.1, 0.15) is 22.5 Å². The maximum Gasteiger partial charge on any atom is 0.280 e. The quantitative estimate of drug-likeness (QED) is 0.463. The van der Waals surface area contributed by atoms with E-state index in [0.29, 0.717) is 10.6 Å². The van der Waals surface area contributed by atoms with Crippen molar-refractivity contribution in [3.63, 3.8) is 0 Å². The Balaban J connectivity index is 1.82. The molecule has 2 aromatic carbocycles. The molecule has 29 heavy (non-hydrogen) atoms. The molecule has 4 aromatic rings. The van der Waals surface area contributed by atoms with E-state index in [1.54, 1.807) is 30.3 Å². The molecule has 0 saturated heterocycles. The minimum absolute atomic E-state index is 0.0240. The van der Waals surface area contributed by atoms with Crippen LogP contribution in [0.4, 0.5) is 14.5 Å². The average Bonchev–Trinajstić information content (AvgIpc) is 3.14. The molecule has 1 amide bonds. The molecule has 2 aromatic heterocycles. The first-order valence-electron chi connectivity index (χ1n) is 8.46. The number of phenolic OH excluding ortho intramolecular Hbond substituents is 1. The van der Waals surface area contributed by atoms with Crippen molar-refractivity contribution in [2.45, 2.75) is 6.43 Å². The summed E-state index contributed by atoms with van der Waals surface area (Å²) in [4.78, 5) is 17.1. The molecule has 146 valence electrons. The van der Waals surface area contributed by atoms with Crippen LogP contribution in [-0.4, -0.2) is 25.6 Å². The molecule has 0 atom stereocenters. The van der Waals surface area contributed by atoms with E-state index < -0.39 is 18.0 Å². The molecule has 9 heteroatoms. The number of carbonyl (C=O) groups is 1. The summed E-state index contributed by atoms with van der Waals surface area (Å²) in [7, 11) is 0. The summed E-state index contributed by atoms with van der Waals surface area (Å²) in [6.07, 6.45) is -1.67. The number of nitrogens with zero attached hydrogens (tertiary/aromatic N) is 3. The average molecular weight is 415 g/mol. The molecule has 6 nitrogen and oxygen atoms in total. The second-order valence-corrected chi connectivity index (χ2v) is 6.58. The third kappa shape index (κ3) is 3.62. The topological polar surface area (TPSA) is 79.5 Å². The van der Waals surface area contributed by atoms with Crippen LogP contribution in [0.5, 0.6) is 5.75 Å². The Hall–Kier alpha value is -3.52. The molecule has 0 spiro atoms. The number of benzene rings is 2. The van der Waals surface area contributed by atoms with E-state index in [2.05, 4.69) is 15.4 Å². The molecule has 0 saturated carbocycles. The zero-order chi connectivity index (χ0) is 20.5. The summed E-state index contributed by atoms with van der Waals surface area (Å²) in [6, 6.07) is 14.2. The van der Waals surface area contributed by atoms with Crippen molar-refractivity contribution >= 4 is 28.8 Å². The van der Waals surface area contributed by atoms with E-state index in [9.17, 15) is 18.7 Å². The minimum atomic E-state index is -2.82. The lowest BCUT2D eigenvalue weighted by molar-refractivity contribution is 0.102. The molecular weight excluding hydrogens is 402 g/mol. The number of anilines is 1. The van der Waals surface area contributed by atoms with Gasteiger partial charge in [-0.3, -0.25) is 4.79 Å². The van der Waals surface area contributed by atoms with Gasteiger partial charge in [0.2, 0.25) is 0 Å². The van der Waals surface area contributed by atoms with Gasteiger partial charge >= 0.3 is 0 Å². The number of fused-ring (bicyclic) bond motifs is 1. The van der Waals surface area contributed by atoms with Crippen molar-refractivity contribution in [1.82, 2.24) is 14.6 Å². The Bertz CT molecular complexity index is 1210. The van der Waals surface area contributed by atoms with Crippen molar-refractivity contribution in [1.29, 1.82) is 0 Å². The first-order chi connectivity index (χ1) is 13.9. The molecule has 2 N–H and O–H groups in total. The number of nitrogens with one attached hydrogen (secondary N) is 1. The number of phenols is 1. The van der Waals surface area contributed by atoms with E-state index in [0.717, 1.165) is 10.7 Å². The lowest BCUT2D eigenvalue weighted by atomic mass is 10.1. The Morgan fingerprint density at radius 3 is 2.62 bits per heavy atom. The maximum atomic E-state index is 13.6. The first-order valence-corrected chi connectivity index (χ1v) is 8.84. The van der Waals surface area contributed by atoms with Crippen molar-refractivity contribution in [2.24, 2.45) is 0 Å². The molecule has 0 aliphatic rings. The van der Waals surface area contributed by atoms with Gasteiger partial charge in [-0.25, -0.2) is 18.3 Å². The van der Waals surface area contributed by atoms with Gasteiger partial charge in [0.25, 0.3) is 12.3 Å². The van der Waals surface area contributed by atoms with Crippen molar-refractivity contribution in [3.8, 4) is 17.0 Å².